The summed E-state index contributed by atoms with van der Waals surface area (Å²) in [7, 11) is 0. The molecular weight excluding hydrogens is 430 g/mol. The highest BCUT2D eigenvalue weighted by atomic mass is 35.5. The maximum atomic E-state index is 10.7. The Bertz CT molecular complexity index is 1090. The molecule has 0 amide bonds. The van der Waals surface area contributed by atoms with E-state index in [0.717, 1.165) is 28.1 Å². The van der Waals surface area contributed by atoms with Crippen LogP contribution in [0.3, 0.4) is 0 Å². The van der Waals surface area contributed by atoms with Crippen molar-refractivity contribution in [3.05, 3.63) is 76.4 Å². The van der Waals surface area contributed by atoms with Crippen LogP contribution in [-0.4, -0.2) is 35.9 Å². The van der Waals surface area contributed by atoms with Crippen LogP contribution >= 0.6 is 11.6 Å². The summed E-state index contributed by atoms with van der Waals surface area (Å²) in [5.41, 5.74) is 4.30. The van der Waals surface area contributed by atoms with Crippen molar-refractivity contribution in [2.75, 3.05) is 19.8 Å². The van der Waals surface area contributed by atoms with Crippen LogP contribution in [0.15, 0.2) is 54.6 Å². The second kappa shape index (κ2) is 11.0. The van der Waals surface area contributed by atoms with E-state index in [4.69, 9.17) is 35.9 Å². The van der Waals surface area contributed by atoms with Crippen LogP contribution in [0.25, 0.3) is 11.3 Å². The Balaban J connectivity index is 1.84. The van der Waals surface area contributed by atoms with Crippen molar-refractivity contribution in [2.24, 2.45) is 0 Å². The standard InChI is InChI=1S/C25H26ClNO5/c1-4-30-14-24(32-19-9-11-23(17(3)13-19)31-15-25(28)29)22-7-5-6-21(27-22)18-8-10-20(26)16(2)12-18/h5-13,24H,4,14-15H2,1-3H3,(H,28,29). The van der Waals surface area contributed by atoms with E-state index in [9.17, 15) is 4.79 Å². The van der Waals surface area contributed by atoms with E-state index >= 15 is 0 Å². The summed E-state index contributed by atoms with van der Waals surface area (Å²) in [4.78, 5) is 15.6. The molecule has 0 spiro atoms. The number of aromatic nitrogens is 1. The van der Waals surface area contributed by atoms with Crippen LogP contribution in [0.1, 0.15) is 29.8 Å². The Morgan fingerprint density at radius 1 is 1.09 bits per heavy atom. The monoisotopic (exact) mass is 455 g/mol. The lowest BCUT2D eigenvalue weighted by Crippen LogP contribution is -2.16. The van der Waals surface area contributed by atoms with Gasteiger partial charge in [-0.3, -0.25) is 0 Å². The molecule has 0 bridgehead atoms. The van der Waals surface area contributed by atoms with E-state index in [1.807, 2.05) is 63.2 Å². The van der Waals surface area contributed by atoms with Gasteiger partial charge in [-0.05, 0) is 74.4 Å². The van der Waals surface area contributed by atoms with Gasteiger partial charge in [-0.15, -0.1) is 0 Å². The number of hydrogen-bond acceptors (Lipinski definition) is 5. The number of benzene rings is 2. The predicted octanol–water partition coefficient (Wildman–Crippen LogP) is 5.64. The summed E-state index contributed by atoms with van der Waals surface area (Å²) < 4.78 is 17.2. The van der Waals surface area contributed by atoms with E-state index < -0.39 is 18.7 Å². The Kier molecular flexibility index (Phi) is 8.09. The molecule has 0 aliphatic rings. The molecule has 1 aromatic heterocycles. The number of ether oxygens (including phenoxy) is 3. The summed E-state index contributed by atoms with van der Waals surface area (Å²) in [5.74, 6) is 0.0899. The number of carboxylic acid groups (broad SMARTS) is 1. The highest BCUT2D eigenvalue weighted by Crippen LogP contribution is 2.29. The van der Waals surface area contributed by atoms with Gasteiger partial charge >= 0.3 is 5.97 Å². The number of aliphatic carboxylic acids is 1. The van der Waals surface area contributed by atoms with Gasteiger partial charge in [0.25, 0.3) is 0 Å². The third kappa shape index (κ3) is 6.22. The number of carbonyl (C=O) groups is 1. The zero-order valence-electron chi connectivity index (χ0n) is 18.3. The average Bonchev–Trinajstić information content (AvgIpc) is 2.78. The summed E-state index contributed by atoms with van der Waals surface area (Å²) in [5, 5.41) is 9.52. The van der Waals surface area contributed by atoms with Crippen molar-refractivity contribution in [3.63, 3.8) is 0 Å². The quantitative estimate of drug-likeness (QED) is 0.426. The first kappa shape index (κ1) is 23.6. The number of carboxylic acids is 1. The number of pyridine rings is 1. The zero-order chi connectivity index (χ0) is 23.1. The second-order valence-electron chi connectivity index (χ2n) is 7.29. The smallest absolute Gasteiger partial charge is 0.341 e. The van der Waals surface area contributed by atoms with Crippen LogP contribution < -0.4 is 9.47 Å². The predicted molar refractivity (Wildman–Crippen MR) is 124 cm³/mol. The van der Waals surface area contributed by atoms with Gasteiger partial charge in [0.05, 0.1) is 18.0 Å². The van der Waals surface area contributed by atoms with Gasteiger partial charge in [-0.1, -0.05) is 23.7 Å². The number of halogens is 1. The van der Waals surface area contributed by atoms with Gasteiger partial charge in [0, 0.05) is 17.2 Å². The van der Waals surface area contributed by atoms with Crippen LogP contribution in [-0.2, 0) is 9.53 Å². The third-order valence-corrected chi connectivity index (χ3v) is 5.23. The minimum absolute atomic E-state index is 0.336. The summed E-state index contributed by atoms with van der Waals surface area (Å²) in [6, 6.07) is 16.9. The molecule has 1 N–H and O–H groups in total. The molecule has 0 saturated carbocycles. The van der Waals surface area contributed by atoms with Gasteiger partial charge in [0.1, 0.15) is 11.5 Å². The Hall–Kier alpha value is -3.09. The average molecular weight is 456 g/mol. The molecule has 0 radical (unpaired) electrons. The summed E-state index contributed by atoms with van der Waals surface area (Å²) in [6.45, 7) is 6.22. The third-order valence-electron chi connectivity index (χ3n) is 4.80. The first-order chi connectivity index (χ1) is 15.4. The molecule has 32 heavy (non-hydrogen) atoms. The van der Waals surface area contributed by atoms with Crippen molar-refractivity contribution < 1.29 is 24.1 Å². The number of aryl methyl sites for hydroxylation is 2. The van der Waals surface area contributed by atoms with Gasteiger partial charge < -0.3 is 19.3 Å². The van der Waals surface area contributed by atoms with Crippen molar-refractivity contribution in [1.82, 2.24) is 4.98 Å². The largest absolute Gasteiger partial charge is 0.482 e. The SMILES string of the molecule is CCOCC(Oc1ccc(OCC(=O)O)c(C)c1)c1cccc(-c2ccc(Cl)c(C)c2)n1. The first-order valence-electron chi connectivity index (χ1n) is 10.3. The van der Waals surface area contributed by atoms with Gasteiger partial charge in [-0.25, -0.2) is 9.78 Å². The Morgan fingerprint density at radius 3 is 2.59 bits per heavy atom. The molecule has 0 aliphatic carbocycles. The second-order valence-corrected chi connectivity index (χ2v) is 7.69. The molecular formula is C25H26ClNO5. The lowest BCUT2D eigenvalue weighted by molar-refractivity contribution is -0.139. The fraction of sp³-hybridized carbons (Fsp3) is 0.280. The maximum Gasteiger partial charge on any atom is 0.341 e. The number of rotatable bonds is 10. The molecule has 2 aromatic carbocycles. The van der Waals surface area contributed by atoms with Crippen LogP contribution in [0.2, 0.25) is 5.02 Å². The minimum Gasteiger partial charge on any atom is -0.482 e. The van der Waals surface area contributed by atoms with E-state index in [-0.39, 0.29) is 0 Å². The number of nitrogens with zero attached hydrogens (tertiary/aromatic N) is 1. The first-order valence-corrected chi connectivity index (χ1v) is 10.7. The highest BCUT2D eigenvalue weighted by Gasteiger charge is 2.17. The molecule has 3 rings (SSSR count). The summed E-state index contributed by atoms with van der Waals surface area (Å²) in [6.07, 6.45) is -0.423. The normalized spacial score (nSPS) is 11.8. The van der Waals surface area contributed by atoms with Crippen molar-refractivity contribution in [3.8, 4) is 22.8 Å². The van der Waals surface area contributed by atoms with Gasteiger partial charge in [0.2, 0.25) is 0 Å². The molecule has 1 unspecified atom stereocenters. The molecule has 0 saturated heterocycles. The molecule has 6 nitrogen and oxygen atoms in total. The summed E-state index contributed by atoms with van der Waals surface area (Å²) >= 11 is 6.16. The fourth-order valence-electron chi connectivity index (χ4n) is 3.16. The lowest BCUT2D eigenvalue weighted by Gasteiger charge is -2.20. The van der Waals surface area contributed by atoms with E-state index in [1.54, 1.807) is 12.1 Å². The van der Waals surface area contributed by atoms with Crippen LogP contribution in [0.5, 0.6) is 11.5 Å². The molecule has 1 atom stereocenters. The zero-order valence-corrected chi connectivity index (χ0v) is 19.1. The van der Waals surface area contributed by atoms with Crippen molar-refractivity contribution in [1.29, 1.82) is 0 Å². The van der Waals surface area contributed by atoms with Crippen molar-refractivity contribution in [2.45, 2.75) is 26.9 Å². The fourth-order valence-corrected chi connectivity index (χ4v) is 3.28. The van der Waals surface area contributed by atoms with E-state index in [2.05, 4.69) is 0 Å². The number of hydrogen-bond donors (Lipinski definition) is 1. The van der Waals surface area contributed by atoms with Crippen molar-refractivity contribution >= 4 is 17.6 Å². The molecule has 1 heterocycles. The van der Waals surface area contributed by atoms with E-state index in [0.29, 0.717) is 29.7 Å². The van der Waals surface area contributed by atoms with E-state index in [1.165, 1.54) is 0 Å². The molecule has 0 aliphatic heterocycles. The minimum atomic E-state index is -1.02. The molecule has 7 heteroatoms. The Labute approximate surface area is 192 Å². The van der Waals surface area contributed by atoms with Gasteiger partial charge in [0.15, 0.2) is 12.7 Å². The molecule has 0 fully saturated rings. The van der Waals surface area contributed by atoms with Crippen LogP contribution in [0, 0.1) is 13.8 Å². The highest BCUT2D eigenvalue weighted by molar-refractivity contribution is 6.31. The van der Waals surface area contributed by atoms with Crippen LogP contribution in [0.4, 0.5) is 0 Å². The Morgan fingerprint density at radius 2 is 1.91 bits per heavy atom. The lowest BCUT2D eigenvalue weighted by atomic mass is 10.1. The van der Waals surface area contributed by atoms with Gasteiger partial charge in [-0.2, -0.15) is 0 Å². The topological polar surface area (TPSA) is 77.9 Å². The molecule has 168 valence electrons. The molecule has 3 aromatic rings. The maximum absolute atomic E-state index is 10.7.